The Labute approximate surface area is 111 Å². The zero-order valence-corrected chi connectivity index (χ0v) is 12.0. The molecule has 4 heteroatoms. The molecule has 1 atom stereocenters. The average Bonchev–Trinajstić information content (AvgIpc) is 2.12. The first-order chi connectivity index (χ1) is 6.63. The van der Waals surface area contributed by atoms with Gasteiger partial charge in [0.05, 0.1) is 5.92 Å². The number of aliphatic hydroxyl groups is 1. The SMILES string of the molecule is CCCC(=O)C(CCCCO)C(C)=O.[Zr]. The number of hydrogen-bond acceptors (Lipinski definition) is 3. The van der Waals surface area contributed by atoms with Crippen LogP contribution in [-0.4, -0.2) is 23.3 Å². The summed E-state index contributed by atoms with van der Waals surface area (Å²) in [5.74, 6) is -0.416. The minimum absolute atomic E-state index is 0. The smallest absolute Gasteiger partial charge is 0.143 e. The molecule has 0 radical (unpaired) electrons. The summed E-state index contributed by atoms with van der Waals surface area (Å²) in [6.45, 7) is 3.53. The van der Waals surface area contributed by atoms with Gasteiger partial charge in [-0.2, -0.15) is 0 Å². The predicted octanol–water partition coefficient (Wildman–Crippen LogP) is 1.72. The maximum Gasteiger partial charge on any atom is 0.143 e. The van der Waals surface area contributed by atoms with Crippen molar-refractivity contribution in [1.29, 1.82) is 0 Å². The van der Waals surface area contributed by atoms with E-state index in [4.69, 9.17) is 5.11 Å². The topological polar surface area (TPSA) is 54.4 Å². The second-order valence-corrected chi connectivity index (χ2v) is 3.60. The number of carbonyl (C=O) groups is 2. The molecule has 15 heavy (non-hydrogen) atoms. The van der Waals surface area contributed by atoms with E-state index in [1.54, 1.807) is 0 Å². The van der Waals surface area contributed by atoms with Gasteiger partial charge in [0.15, 0.2) is 0 Å². The molecule has 0 spiro atoms. The van der Waals surface area contributed by atoms with Gasteiger partial charge in [0, 0.05) is 39.2 Å². The molecule has 0 rings (SSSR count). The predicted molar refractivity (Wildman–Crippen MR) is 55.0 cm³/mol. The van der Waals surface area contributed by atoms with Crippen LogP contribution in [0.15, 0.2) is 0 Å². The van der Waals surface area contributed by atoms with E-state index in [2.05, 4.69) is 0 Å². The first-order valence-electron chi connectivity index (χ1n) is 5.27. The quantitative estimate of drug-likeness (QED) is 0.547. The Balaban J connectivity index is 0. The molecule has 1 N–H and O–H groups in total. The third kappa shape index (κ3) is 8.04. The summed E-state index contributed by atoms with van der Waals surface area (Å²) >= 11 is 0. The number of Topliss-reactive ketones (excluding diaryl/α,β-unsaturated/α-hetero) is 2. The Morgan fingerprint density at radius 1 is 1.27 bits per heavy atom. The third-order valence-corrected chi connectivity index (χ3v) is 2.28. The van der Waals surface area contributed by atoms with Crippen LogP contribution in [0, 0.1) is 5.92 Å². The Hall–Kier alpha value is 0.183. The van der Waals surface area contributed by atoms with Crippen molar-refractivity contribution in [1.82, 2.24) is 0 Å². The van der Waals surface area contributed by atoms with E-state index in [1.165, 1.54) is 6.92 Å². The van der Waals surface area contributed by atoms with E-state index in [0.717, 1.165) is 12.8 Å². The molecular weight excluding hydrogens is 271 g/mol. The van der Waals surface area contributed by atoms with Crippen LogP contribution in [0.4, 0.5) is 0 Å². The van der Waals surface area contributed by atoms with Crippen molar-refractivity contribution in [3.05, 3.63) is 0 Å². The van der Waals surface area contributed by atoms with Gasteiger partial charge >= 0.3 is 0 Å². The van der Waals surface area contributed by atoms with Crippen molar-refractivity contribution in [2.45, 2.75) is 46.0 Å². The van der Waals surface area contributed by atoms with Crippen LogP contribution in [0.1, 0.15) is 46.0 Å². The minimum atomic E-state index is -0.429. The molecule has 0 saturated heterocycles. The normalized spacial score (nSPS) is 11.7. The van der Waals surface area contributed by atoms with Crippen molar-refractivity contribution >= 4 is 11.6 Å². The summed E-state index contributed by atoms with van der Waals surface area (Å²) in [5, 5.41) is 8.59. The second kappa shape index (κ2) is 10.7. The first-order valence-corrected chi connectivity index (χ1v) is 5.27. The molecule has 0 amide bonds. The van der Waals surface area contributed by atoms with E-state index >= 15 is 0 Å². The molecule has 0 bridgehead atoms. The van der Waals surface area contributed by atoms with Gasteiger partial charge in [-0.25, -0.2) is 0 Å². The monoisotopic (exact) mass is 290 g/mol. The summed E-state index contributed by atoms with van der Waals surface area (Å²) in [4.78, 5) is 22.7. The third-order valence-electron chi connectivity index (χ3n) is 2.28. The fraction of sp³-hybridized carbons (Fsp3) is 0.818. The molecule has 86 valence electrons. The Morgan fingerprint density at radius 3 is 2.27 bits per heavy atom. The average molecular weight is 292 g/mol. The Bertz CT molecular complexity index is 192. The van der Waals surface area contributed by atoms with Crippen LogP contribution in [0.25, 0.3) is 0 Å². The van der Waals surface area contributed by atoms with Crippen LogP contribution in [0.2, 0.25) is 0 Å². The van der Waals surface area contributed by atoms with Gasteiger partial charge in [-0.3, -0.25) is 9.59 Å². The fourth-order valence-corrected chi connectivity index (χ4v) is 1.47. The molecule has 0 aromatic heterocycles. The molecule has 0 aliphatic carbocycles. The zero-order chi connectivity index (χ0) is 11.0. The van der Waals surface area contributed by atoms with Crippen LogP contribution in [0.5, 0.6) is 0 Å². The number of rotatable bonds is 8. The molecule has 0 aromatic carbocycles. The molecule has 0 saturated carbocycles. The van der Waals surface area contributed by atoms with Crippen LogP contribution < -0.4 is 0 Å². The largest absolute Gasteiger partial charge is 0.396 e. The molecule has 0 heterocycles. The molecule has 0 aromatic rings. The maximum atomic E-state index is 11.5. The van der Waals surface area contributed by atoms with Crippen LogP contribution >= 0.6 is 0 Å². The van der Waals surface area contributed by atoms with Gasteiger partial charge in [-0.15, -0.1) is 0 Å². The summed E-state index contributed by atoms with van der Waals surface area (Å²) in [7, 11) is 0. The standard InChI is InChI=1S/C11H20O3.Zr/c1-3-6-11(14)10(9(2)13)7-4-5-8-12;/h10,12H,3-8H2,1-2H3;. The zero-order valence-electron chi connectivity index (χ0n) is 9.58. The van der Waals surface area contributed by atoms with Crippen LogP contribution in [0.3, 0.4) is 0 Å². The van der Waals surface area contributed by atoms with E-state index in [-0.39, 0.29) is 44.4 Å². The molecule has 0 fully saturated rings. The number of carbonyl (C=O) groups excluding carboxylic acids is 2. The van der Waals surface area contributed by atoms with Gasteiger partial charge in [0.2, 0.25) is 0 Å². The van der Waals surface area contributed by atoms with E-state index in [9.17, 15) is 9.59 Å². The Kier molecular flexibility index (Phi) is 12.5. The van der Waals surface area contributed by atoms with Gasteiger partial charge < -0.3 is 5.11 Å². The van der Waals surface area contributed by atoms with Crippen molar-refractivity contribution in [2.75, 3.05) is 6.61 Å². The molecule has 1 unspecified atom stereocenters. The van der Waals surface area contributed by atoms with Gasteiger partial charge in [-0.05, 0) is 26.2 Å². The van der Waals surface area contributed by atoms with Crippen molar-refractivity contribution < 1.29 is 40.9 Å². The summed E-state index contributed by atoms with van der Waals surface area (Å²) < 4.78 is 0. The number of hydrogen-bond donors (Lipinski definition) is 1. The Morgan fingerprint density at radius 2 is 1.87 bits per heavy atom. The fourth-order valence-electron chi connectivity index (χ4n) is 1.47. The van der Waals surface area contributed by atoms with Crippen LogP contribution in [-0.2, 0) is 35.8 Å². The number of ketones is 2. The maximum absolute atomic E-state index is 11.5. The number of unbranched alkanes of at least 4 members (excludes halogenated alkanes) is 1. The second-order valence-electron chi connectivity index (χ2n) is 3.60. The summed E-state index contributed by atoms with van der Waals surface area (Å²) in [5.41, 5.74) is 0. The van der Waals surface area contributed by atoms with Gasteiger partial charge in [0.25, 0.3) is 0 Å². The van der Waals surface area contributed by atoms with Gasteiger partial charge in [0.1, 0.15) is 11.6 Å². The first kappa shape index (κ1) is 17.6. The van der Waals surface area contributed by atoms with E-state index in [0.29, 0.717) is 19.3 Å². The molecule has 0 aliphatic rings. The minimum Gasteiger partial charge on any atom is -0.396 e. The molecule has 0 aliphatic heterocycles. The van der Waals surface area contributed by atoms with Gasteiger partial charge in [-0.1, -0.05) is 13.3 Å². The van der Waals surface area contributed by atoms with Crippen molar-refractivity contribution in [3.63, 3.8) is 0 Å². The van der Waals surface area contributed by atoms with E-state index < -0.39 is 5.92 Å². The van der Waals surface area contributed by atoms with Crippen molar-refractivity contribution in [2.24, 2.45) is 5.92 Å². The molecule has 3 nitrogen and oxygen atoms in total. The van der Waals surface area contributed by atoms with Crippen molar-refractivity contribution in [3.8, 4) is 0 Å². The number of aliphatic hydroxyl groups excluding tert-OH is 1. The molecular formula is C11H20O3Zr. The summed E-state index contributed by atoms with van der Waals surface area (Å²) in [6.07, 6.45) is 3.29. The van der Waals surface area contributed by atoms with E-state index in [1.807, 2.05) is 6.92 Å². The summed E-state index contributed by atoms with van der Waals surface area (Å²) in [6, 6.07) is 0.